The van der Waals surface area contributed by atoms with Crippen LogP contribution in [-0.4, -0.2) is 21.2 Å². The van der Waals surface area contributed by atoms with Crippen LogP contribution in [0, 0.1) is 5.82 Å². The summed E-state index contributed by atoms with van der Waals surface area (Å²) in [4.78, 5) is 14.0. The van der Waals surface area contributed by atoms with E-state index in [1.165, 1.54) is 18.2 Å². The van der Waals surface area contributed by atoms with E-state index in [1.807, 2.05) is 0 Å². The molecule has 0 atom stereocenters. The molecule has 0 aliphatic rings. The third-order valence-corrected chi connectivity index (χ3v) is 2.09. The smallest absolute Gasteiger partial charge is 0.377 e. The van der Waals surface area contributed by atoms with E-state index in [0.717, 1.165) is 0 Å². The number of aromatic carboxylic acids is 1. The number of carboxylic acid groups (broad SMARTS) is 1. The zero-order chi connectivity index (χ0) is 11.7. The third kappa shape index (κ3) is 1.74. The van der Waals surface area contributed by atoms with Gasteiger partial charge >= 0.3 is 5.97 Å². The van der Waals surface area contributed by atoms with Gasteiger partial charge in [-0.15, -0.1) is 0 Å². The van der Waals surface area contributed by atoms with Gasteiger partial charge in [0.1, 0.15) is 0 Å². The molecule has 0 aliphatic heterocycles. The molecule has 0 unspecified atom stereocenters. The molecule has 16 heavy (non-hydrogen) atoms. The molecule has 1 N–H and O–H groups in total. The fourth-order valence-corrected chi connectivity index (χ4v) is 1.26. The van der Waals surface area contributed by atoms with Crippen molar-refractivity contribution in [3.05, 3.63) is 34.9 Å². The highest BCUT2D eigenvalue weighted by Gasteiger charge is 2.18. The fraction of sp³-hybridized carbons (Fsp3) is 0. The number of halogens is 2. The molecule has 1 aromatic heterocycles. The molecule has 2 rings (SSSR count). The summed E-state index contributed by atoms with van der Waals surface area (Å²) >= 11 is 5.55. The quantitative estimate of drug-likeness (QED) is 0.874. The van der Waals surface area contributed by atoms with Crippen LogP contribution in [0.2, 0.25) is 5.02 Å². The summed E-state index contributed by atoms with van der Waals surface area (Å²) in [6, 6.07) is 4.21. The lowest BCUT2D eigenvalue weighted by molar-refractivity contribution is 0.0680. The number of aromatic nitrogens is 2. The molecule has 0 saturated carbocycles. The average Bonchev–Trinajstić information content (AvgIpc) is 2.71. The molecule has 0 fully saturated rings. The molecule has 0 bridgehead atoms. The Morgan fingerprint density at radius 3 is 2.88 bits per heavy atom. The van der Waals surface area contributed by atoms with Crippen LogP contribution in [0.1, 0.15) is 10.6 Å². The predicted octanol–water partition coefficient (Wildman–Crippen LogP) is 2.23. The van der Waals surface area contributed by atoms with E-state index in [1.54, 1.807) is 0 Å². The van der Waals surface area contributed by atoms with Gasteiger partial charge in [0.05, 0.1) is 10.6 Å². The van der Waals surface area contributed by atoms with Crippen LogP contribution in [0.3, 0.4) is 0 Å². The molecule has 0 aliphatic carbocycles. The van der Waals surface area contributed by atoms with Crippen molar-refractivity contribution in [3.63, 3.8) is 0 Å². The maximum Gasteiger partial charge on any atom is 0.377 e. The molecule has 0 radical (unpaired) electrons. The first-order valence-electron chi connectivity index (χ1n) is 4.11. The van der Waals surface area contributed by atoms with E-state index in [2.05, 4.69) is 14.7 Å². The SMILES string of the molecule is O=C(O)c1noc(-c2cccc(Cl)c2F)n1. The highest BCUT2D eigenvalue weighted by atomic mass is 35.5. The highest BCUT2D eigenvalue weighted by molar-refractivity contribution is 6.31. The van der Waals surface area contributed by atoms with Crippen LogP contribution < -0.4 is 0 Å². The second kappa shape index (κ2) is 3.90. The maximum atomic E-state index is 13.5. The van der Waals surface area contributed by atoms with Gasteiger partial charge in [0.15, 0.2) is 5.82 Å². The topological polar surface area (TPSA) is 76.2 Å². The van der Waals surface area contributed by atoms with Gasteiger partial charge in [-0.3, -0.25) is 0 Å². The lowest BCUT2D eigenvalue weighted by Gasteiger charge is -1.97. The van der Waals surface area contributed by atoms with Gasteiger partial charge < -0.3 is 9.63 Å². The van der Waals surface area contributed by atoms with Crippen molar-refractivity contribution in [3.8, 4) is 11.5 Å². The van der Waals surface area contributed by atoms with Gasteiger partial charge in [-0.25, -0.2) is 9.18 Å². The third-order valence-electron chi connectivity index (χ3n) is 1.80. The summed E-state index contributed by atoms with van der Waals surface area (Å²) in [7, 11) is 0. The second-order valence-electron chi connectivity index (χ2n) is 2.83. The maximum absolute atomic E-state index is 13.5. The van der Waals surface area contributed by atoms with Crippen LogP contribution >= 0.6 is 11.6 Å². The summed E-state index contributed by atoms with van der Waals surface area (Å²) in [5.41, 5.74) is -0.0347. The van der Waals surface area contributed by atoms with E-state index < -0.39 is 17.6 Å². The first kappa shape index (κ1) is 10.6. The second-order valence-corrected chi connectivity index (χ2v) is 3.24. The Labute approximate surface area is 93.5 Å². The van der Waals surface area contributed by atoms with Crippen molar-refractivity contribution < 1.29 is 18.8 Å². The Morgan fingerprint density at radius 1 is 1.50 bits per heavy atom. The minimum atomic E-state index is -1.35. The lowest BCUT2D eigenvalue weighted by atomic mass is 10.2. The van der Waals surface area contributed by atoms with Crippen molar-refractivity contribution >= 4 is 17.6 Å². The first-order valence-corrected chi connectivity index (χ1v) is 4.49. The molecule has 7 heteroatoms. The Bertz CT molecular complexity index is 555. The van der Waals surface area contributed by atoms with Crippen LogP contribution in [0.4, 0.5) is 4.39 Å². The number of carbonyl (C=O) groups is 1. The minimum absolute atomic E-state index is 0.0347. The summed E-state index contributed by atoms with van der Waals surface area (Å²) < 4.78 is 18.1. The number of rotatable bonds is 2. The van der Waals surface area contributed by atoms with E-state index in [0.29, 0.717) is 0 Å². The van der Waals surface area contributed by atoms with Gasteiger partial charge in [0, 0.05) is 0 Å². The molecule has 82 valence electrons. The van der Waals surface area contributed by atoms with Crippen LogP contribution in [0.15, 0.2) is 22.7 Å². The zero-order valence-electron chi connectivity index (χ0n) is 7.65. The molecular formula is C9H4ClFN2O3. The fourth-order valence-electron chi connectivity index (χ4n) is 1.09. The first-order chi connectivity index (χ1) is 7.59. The Kier molecular flexibility index (Phi) is 2.57. The highest BCUT2D eigenvalue weighted by Crippen LogP contribution is 2.26. The number of hydrogen-bond donors (Lipinski definition) is 1. The Hall–Kier alpha value is -1.95. The zero-order valence-corrected chi connectivity index (χ0v) is 8.40. The summed E-state index contributed by atoms with van der Waals surface area (Å²) in [5, 5.41) is 11.6. The van der Waals surface area contributed by atoms with Gasteiger partial charge in [0.25, 0.3) is 11.7 Å². The molecular weight excluding hydrogens is 239 g/mol. The van der Waals surface area contributed by atoms with Crippen LogP contribution in [0.25, 0.3) is 11.5 Å². The van der Waals surface area contributed by atoms with Gasteiger partial charge in [-0.05, 0) is 17.3 Å². The van der Waals surface area contributed by atoms with Gasteiger partial charge in [-0.1, -0.05) is 17.7 Å². The van der Waals surface area contributed by atoms with Crippen molar-refractivity contribution in [2.45, 2.75) is 0 Å². The molecule has 1 heterocycles. The van der Waals surface area contributed by atoms with E-state index in [4.69, 9.17) is 16.7 Å². The monoisotopic (exact) mass is 242 g/mol. The number of benzene rings is 1. The van der Waals surface area contributed by atoms with Gasteiger partial charge in [0.2, 0.25) is 0 Å². The summed E-state index contributed by atoms with van der Waals surface area (Å²) in [6.07, 6.45) is 0. The van der Waals surface area contributed by atoms with Crippen molar-refractivity contribution in [2.75, 3.05) is 0 Å². The number of hydrogen-bond acceptors (Lipinski definition) is 4. The largest absolute Gasteiger partial charge is 0.475 e. The van der Waals surface area contributed by atoms with E-state index in [-0.39, 0.29) is 16.5 Å². The van der Waals surface area contributed by atoms with Crippen molar-refractivity contribution in [1.29, 1.82) is 0 Å². The van der Waals surface area contributed by atoms with Crippen molar-refractivity contribution in [1.82, 2.24) is 10.1 Å². The number of carboxylic acids is 1. The molecule has 0 spiro atoms. The van der Waals surface area contributed by atoms with Crippen LogP contribution in [0.5, 0.6) is 0 Å². The average molecular weight is 243 g/mol. The molecule has 5 nitrogen and oxygen atoms in total. The minimum Gasteiger partial charge on any atom is -0.475 e. The molecule has 2 aromatic rings. The molecule has 1 aromatic carbocycles. The summed E-state index contributed by atoms with van der Waals surface area (Å²) in [5.74, 6) is -2.84. The van der Waals surface area contributed by atoms with E-state index >= 15 is 0 Å². The Morgan fingerprint density at radius 2 is 2.25 bits per heavy atom. The lowest BCUT2D eigenvalue weighted by Crippen LogP contribution is -1.98. The van der Waals surface area contributed by atoms with Gasteiger partial charge in [-0.2, -0.15) is 4.98 Å². The van der Waals surface area contributed by atoms with E-state index in [9.17, 15) is 9.18 Å². The van der Waals surface area contributed by atoms with Crippen LogP contribution in [-0.2, 0) is 0 Å². The number of nitrogens with zero attached hydrogens (tertiary/aromatic N) is 2. The standard InChI is InChI=1S/C9H4ClFN2O3/c10-5-3-1-2-4(6(5)11)8-12-7(9(14)15)13-16-8/h1-3H,(H,14,15). The normalized spacial score (nSPS) is 10.4. The van der Waals surface area contributed by atoms with Crippen molar-refractivity contribution in [2.24, 2.45) is 0 Å². The summed E-state index contributed by atoms with van der Waals surface area (Å²) in [6.45, 7) is 0. The molecule has 0 saturated heterocycles. The molecule has 0 amide bonds. The Balaban J connectivity index is 2.50. The predicted molar refractivity (Wildman–Crippen MR) is 51.7 cm³/mol.